The van der Waals surface area contributed by atoms with Crippen molar-refractivity contribution in [2.45, 2.75) is 0 Å². The lowest BCUT2D eigenvalue weighted by molar-refractivity contribution is 1.47. The van der Waals surface area contributed by atoms with Gasteiger partial charge in [0.2, 0.25) is 0 Å². The normalized spacial score (nSPS) is 10.7. The molecule has 1 nitrogen and oxygen atoms in total. The van der Waals surface area contributed by atoms with Crippen LogP contribution in [0, 0.1) is 0 Å². The Balaban J connectivity index is 2.91. The summed E-state index contributed by atoms with van der Waals surface area (Å²) < 4.78 is 0.998. The number of fused-ring (bicyclic) bond motifs is 1. The maximum atomic E-state index is 5.95. The molecule has 0 aliphatic carbocycles. The summed E-state index contributed by atoms with van der Waals surface area (Å²) in [5.74, 6) is 0. The van der Waals surface area contributed by atoms with E-state index in [9.17, 15) is 0 Å². The average molecular weight is 230 g/mol. The van der Waals surface area contributed by atoms with Gasteiger partial charge in [-0.2, -0.15) is 0 Å². The summed E-state index contributed by atoms with van der Waals surface area (Å²) in [6, 6.07) is 5.85. The molecule has 0 amide bonds. The molecule has 0 radical (unpaired) electrons. The number of nitrogens with one attached hydrogen (secondary N) is 1. The largest absolute Gasteiger partial charge is 0.361 e. The number of aromatic amines is 1. The van der Waals surface area contributed by atoms with Gasteiger partial charge >= 0.3 is 0 Å². The van der Waals surface area contributed by atoms with E-state index in [2.05, 4.69) is 20.9 Å². The van der Waals surface area contributed by atoms with Crippen molar-refractivity contribution in [2.75, 3.05) is 0 Å². The van der Waals surface area contributed by atoms with Crippen LogP contribution in [0.3, 0.4) is 0 Å². The van der Waals surface area contributed by atoms with Gasteiger partial charge in [0.25, 0.3) is 0 Å². The van der Waals surface area contributed by atoms with Crippen molar-refractivity contribution in [1.29, 1.82) is 0 Å². The summed E-state index contributed by atoms with van der Waals surface area (Å²) in [5, 5.41) is 1.84. The lowest BCUT2D eigenvalue weighted by Crippen LogP contribution is -1.70. The summed E-state index contributed by atoms with van der Waals surface area (Å²) in [4.78, 5) is 3.09. The van der Waals surface area contributed by atoms with Crippen molar-refractivity contribution in [3.05, 3.63) is 33.9 Å². The highest BCUT2D eigenvalue weighted by molar-refractivity contribution is 9.10. The van der Waals surface area contributed by atoms with Crippen molar-refractivity contribution in [2.24, 2.45) is 0 Å². The van der Waals surface area contributed by atoms with Crippen molar-refractivity contribution < 1.29 is 0 Å². The van der Waals surface area contributed by atoms with E-state index in [1.54, 1.807) is 0 Å². The molecule has 0 saturated carbocycles. The molecule has 0 aliphatic rings. The molecule has 1 N–H and O–H groups in total. The van der Waals surface area contributed by atoms with Gasteiger partial charge in [-0.05, 0) is 18.2 Å². The number of rotatable bonds is 0. The van der Waals surface area contributed by atoms with E-state index >= 15 is 0 Å². The fourth-order valence-electron chi connectivity index (χ4n) is 1.09. The zero-order valence-corrected chi connectivity index (χ0v) is 7.91. The first-order valence-corrected chi connectivity index (χ1v) is 4.36. The van der Waals surface area contributed by atoms with Crippen LogP contribution in [0.25, 0.3) is 10.9 Å². The summed E-state index contributed by atoms with van der Waals surface area (Å²) in [6.45, 7) is 0. The highest BCUT2D eigenvalue weighted by Gasteiger charge is 2.00. The highest BCUT2D eigenvalue weighted by Crippen LogP contribution is 2.26. The third kappa shape index (κ3) is 1.17. The second kappa shape index (κ2) is 2.54. The van der Waals surface area contributed by atoms with E-state index in [1.807, 2.05) is 24.4 Å². The van der Waals surface area contributed by atoms with Crippen molar-refractivity contribution >= 4 is 38.4 Å². The van der Waals surface area contributed by atoms with Gasteiger partial charge in [-0.15, -0.1) is 0 Å². The SMILES string of the molecule is Clc1cc(Br)cc2[nH]ccc12. The van der Waals surface area contributed by atoms with Crippen LogP contribution in [0.2, 0.25) is 5.02 Å². The summed E-state index contributed by atoms with van der Waals surface area (Å²) >= 11 is 9.32. The Bertz CT molecular complexity index is 394. The van der Waals surface area contributed by atoms with E-state index in [4.69, 9.17) is 11.6 Å². The van der Waals surface area contributed by atoms with E-state index in [0.29, 0.717) is 0 Å². The van der Waals surface area contributed by atoms with Gasteiger partial charge in [-0.3, -0.25) is 0 Å². The van der Waals surface area contributed by atoms with E-state index < -0.39 is 0 Å². The van der Waals surface area contributed by atoms with E-state index in [0.717, 1.165) is 20.4 Å². The van der Waals surface area contributed by atoms with Crippen molar-refractivity contribution in [3.8, 4) is 0 Å². The predicted octanol–water partition coefficient (Wildman–Crippen LogP) is 3.58. The molecule has 0 spiro atoms. The molecule has 1 aromatic heterocycles. The van der Waals surface area contributed by atoms with Crippen LogP contribution in [0.5, 0.6) is 0 Å². The third-order valence-corrected chi connectivity index (χ3v) is 2.35. The van der Waals surface area contributed by atoms with Crippen LogP contribution in [-0.2, 0) is 0 Å². The van der Waals surface area contributed by atoms with E-state index in [1.165, 1.54) is 0 Å². The predicted molar refractivity (Wildman–Crippen MR) is 51.0 cm³/mol. The number of H-pyrrole nitrogens is 1. The second-order valence-electron chi connectivity index (χ2n) is 2.33. The van der Waals surface area contributed by atoms with Crippen LogP contribution >= 0.6 is 27.5 Å². The minimum atomic E-state index is 0.774. The summed E-state index contributed by atoms with van der Waals surface area (Å²) in [7, 11) is 0. The molecule has 0 atom stereocenters. The molecule has 56 valence electrons. The van der Waals surface area contributed by atoms with Crippen molar-refractivity contribution in [1.82, 2.24) is 4.98 Å². The molecule has 0 saturated heterocycles. The van der Waals surface area contributed by atoms with Gasteiger partial charge in [0.1, 0.15) is 0 Å². The molecule has 0 unspecified atom stereocenters. The lowest BCUT2D eigenvalue weighted by atomic mass is 10.2. The maximum absolute atomic E-state index is 5.95. The molecule has 0 fully saturated rings. The second-order valence-corrected chi connectivity index (χ2v) is 3.65. The minimum Gasteiger partial charge on any atom is -0.361 e. The summed E-state index contributed by atoms with van der Waals surface area (Å²) in [5.41, 5.74) is 1.06. The van der Waals surface area contributed by atoms with Crippen LogP contribution in [0.15, 0.2) is 28.9 Å². The van der Waals surface area contributed by atoms with Crippen LogP contribution in [0.1, 0.15) is 0 Å². The zero-order valence-electron chi connectivity index (χ0n) is 5.57. The van der Waals surface area contributed by atoms with Gasteiger partial charge < -0.3 is 4.98 Å². The Hall–Kier alpha value is -0.470. The number of benzene rings is 1. The van der Waals surface area contributed by atoms with Crippen LogP contribution in [-0.4, -0.2) is 4.98 Å². The van der Waals surface area contributed by atoms with Gasteiger partial charge in [0.05, 0.1) is 5.02 Å². The summed E-state index contributed by atoms with van der Waals surface area (Å²) in [6.07, 6.45) is 1.88. The van der Waals surface area contributed by atoms with Gasteiger partial charge in [-0.25, -0.2) is 0 Å². The first-order valence-electron chi connectivity index (χ1n) is 3.19. The Morgan fingerprint density at radius 1 is 1.36 bits per heavy atom. The van der Waals surface area contributed by atoms with Gasteiger partial charge in [-0.1, -0.05) is 27.5 Å². The Morgan fingerprint density at radius 2 is 2.18 bits per heavy atom. The first kappa shape index (κ1) is 7.19. The standard InChI is InChI=1S/C8H5BrClN/c9-5-3-7(10)6-1-2-11-8(6)4-5/h1-4,11H. The first-order chi connectivity index (χ1) is 5.27. The van der Waals surface area contributed by atoms with Gasteiger partial charge in [0.15, 0.2) is 0 Å². The molecule has 1 heterocycles. The minimum absolute atomic E-state index is 0.774. The fourth-order valence-corrected chi connectivity index (χ4v) is 1.96. The van der Waals surface area contributed by atoms with Crippen molar-refractivity contribution in [3.63, 3.8) is 0 Å². The zero-order chi connectivity index (χ0) is 7.84. The number of hydrogen-bond acceptors (Lipinski definition) is 0. The fraction of sp³-hybridized carbons (Fsp3) is 0. The number of halogens is 2. The average Bonchev–Trinajstić information content (AvgIpc) is 2.34. The molecule has 1 aromatic carbocycles. The molecule has 11 heavy (non-hydrogen) atoms. The Kier molecular flexibility index (Phi) is 1.66. The van der Waals surface area contributed by atoms with E-state index in [-0.39, 0.29) is 0 Å². The molecular formula is C8H5BrClN. The third-order valence-electron chi connectivity index (χ3n) is 1.58. The molecule has 2 aromatic rings. The quantitative estimate of drug-likeness (QED) is 0.712. The molecule has 2 rings (SSSR count). The smallest absolute Gasteiger partial charge is 0.0511 e. The Labute approximate surface area is 77.5 Å². The van der Waals surface area contributed by atoms with Gasteiger partial charge in [0, 0.05) is 21.6 Å². The molecule has 0 bridgehead atoms. The topological polar surface area (TPSA) is 15.8 Å². The van der Waals surface area contributed by atoms with Crippen LogP contribution < -0.4 is 0 Å². The molecular weight excluding hydrogens is 225 g/mol. The number of hydrogen-bond donors (Lipinski definition) is 1. The lowest BCUT2D eigenvalue weighted by Gasteiger charge is -1.94. The van der Waals surface area contributed by atoms with Crippen LogP contribution in [0.4, 0.5) is 0 Å². The number of aromatic nitrogens is 1. The monoisotopic (exact) mass is 229 g/mol. The Morgan fingerprint density at radius 3 is 3.00 bits per heavy atom. The maximum Gasteiger partial charge on any atom is 0.0511 e. The molecule has 3 heteroatoms. The highest BCUT2D eigenvalue weighted by atomic mass is 79.9. The molecule has 0 aliphatic heterocycles.